The summed E-state index contributed by atoms with van der Waals surface area (Å²) >= 11 is 0. The van der Waals surface area contributed by atoms with Crippen LogP contribution < -0.4 is 9.47 Å². The second kappa shape index (κ2) is 24.8. The second-order valence-corrected chi connectivity index (χ2v) is 8.77. The van der Waals surface area contributed by atoms with Gasteiger partial charge in [-0.25, -0.2) is 9.59 Å². The van der Waals surface area contributed by atoms with Crippen LogP contribution in [0.15, 0.2) is 180 Å². The van der Waals surface area contributed by atoms with E-state index in [9.17, 15) is 19.2 Å². The molecule has 0 fully saturated rings. The van der Waals surface area contributed by atoms with Gasteiger partial charge in [0.25, 0.3) is 0 Å². The fourth-order valence-corrected chi connectivity index (χ4v) is 2.89. The van der Waals surface area contributed by atoms with Gasteiger partial charge < -0.3 is 29.2 Å². The first-order valence-electron chi connectivity index (χ1n) is 13.8. The van der Waals surface area contributed by atoms with Crippen LogP contribution >= 0.6 is 0 Å². The predicted molar refractivity (Wildman–Crippen MR) is 185 cm³/mol. The first-order chi connectivity index (χ1) is 23.9. The molecule has 2 rings (SSSR count). The summed E-state index contributed by atoms with van der Waals surface area (Å²) in [6.07, 6.45) is 4.35. The van der Waals surface area contributed by atoms with Crippen molar-refractivity contribution in [2.45, 2.75) is 13.8 Å². The summed E-state index contributed by atoms with van der Waals surface area (Å²) in [5.74, 6) is -1.69. The predicted octanol–water partition coefficient (Wildman–Crippen LogP) is 6.79. The Kier molecular flexibility index (Phi) is 21.2. The standard InChI is InChI=1S/2C20H14O5.Cu/c2*1-4-6-7-8-9-20(25-19(23)5-2)24-17-12-10-16(11-13-17)18(22)14-15(3)21;/h2*5,10-14,21H,1-2H2,3H3;/p+2/b2*15-14-;. The van der Waals surface area contributed by atoms with E-state index in [4.69, 9.17) is 29.2 Å². The van der Waals surface area contributed by atoms with Crippen molar-refractivity contribution in [3.8, 4) is 11.5 Å². The Morgan fingerprint density at radius 1 is 0.627 bits per heavy atom. The molecule has 11 heteroatoms. The first kappa shape index (κ1) is 43.7. The summed E-state index contributed by atoms with van der Waals surface area (Å²) in [6, 6.07) is 12.3. The van der Waals surface area contributed by atoms with Gasteiger partial charge in [0, 0.05) is 40.7 Å². The summed E-state index contributed by atoms with van der Waals surface area (Å²) in [7, 11) is 0. The fraction of sp³-hybridized carbons (Fsp3) is 0.0500. The number of hydrogen-bond donors (Lipinski definition) is 2. The Labute approximate surface area is 304 Å². The number of carbonyl (C=O) groups excluding carboxylic acids is 4. The van der Waals surface area contributed by atoms with Crippen LogP contribution in [0.4, 0.5) is 0 Å². The number of aliphatic hydroxyl groups is 2. The van der Waals surface area contributed by atoms with Crippen molar-refractivity contribution in [2.75, 3.05) is 0 Å². The van der Waals surface area contributed by atoms with Crippen LogP contribution in [0.5, 0.6) is 11.5 Å². The number of carbonyl (C=O) groups is 2. The van der Waals surface area contributed by atoms with Crippen LogP contribution in [0.25, 0.3) is 0 Å². The summed E-state index contributed by atoms with van der Waals surface area (Å²) in [5, 5.41) is 18.3. The van der Waals surface area contributed by atoms with E-state index in [1.165, 1.54) is 50.3 Å². The minimum Gasteiger partial charge on any atom is -0.512 e. The molecule has 0 saturated heterocycles. The van der Waals surface area contributed by atoms with Gasteiger partial charge in [-0.1, -0.05) is 24.6 Å². The van der Waals surface area contributed by atoms with Gasteiger partial charge in [0.15, 0.2) is 0 Å². The molecule has 51 heavy (non-hydrogen) atoms. The van der Waals surface area contributed by atoms with Gasteiger partial charge in [-0.3, -0.25) is 9.59 Å². The van der Waals surface area contributed by atoms with Gasteiger partial charge in [0.1, 0.15) is 11.5 Å². The molecule has 0 spiro atoms. The Hall–Kier alpha value is -7.32. The van der Waals surface area contributed by atoms with Crippen molar-refractivity contribution in [1.29, 1.82) is 0 Å². The number of rotatable bonds is 12. The Balaban J connectivity index is 0.000000962. The van der Waals surface area contributed by atoms with Gasteiger partial charge in [0.05, 0.1) is 34.8 Å². The summed E-state index contributed by atoms with van der Waals surface area (Å²) in [5.41, 5.74) is 25.0. The molecule has 0 amide bonds. The van der Waals surface area contributed by atoms with E-state index >= 15 is 0 Å². The van der Waals surface area contributed by atoms with Gasteiger partial charge in [-0.2, -0.15) is 0 Å². The van der Waals surface area contributed by atoms with Crippen LogP contribution in [0.1, 0.15) is 25.0 Å². The Morgan fingerprint density at radius 2 is 0.961 bits per heavy atom. The average Bonchev–Trinajstić information content (AvgIpc) is 3.08. The van der Waals surface area contributed by atoms with Crippen molar-refractivity contribution in [3.05, 3.63) is 191 Å². The largest absolute Gasteiger partial charge is 0.512 e. The minimum atomic E-state index is -0.737. The molecule has 0 aromatic heterocycles. The zero-order valence-corrected chi connectivity index (χ0v) is 28.2. The molecule has 2 aromatic carbocycles. The van der Waals surface area contributed by atoms with Crippen LogP contribution in [0.2, 0.25) is 0 Å². The van der Waals surface area contributed by atoms with Crippen molar-refractivity contribution in [2.24, 2.45) is 0 Å². The van der Waals surface area contributed by atoms with Gasteiger partial charge in [0.2, 0.25) is 0 Å². The third kappa shape index (κ3) is 19.2. The molecule has 259 valence electrons. The zero-order chi connectivity index (χ0) is 37.3. The molecule has 0 bridgehead atoms. The maximum Gasteiger partial charge on any atom is 0.350 e. The third-order valence-electron chi connectivity index (χ3n) is 4.89. The normalized spacial score (nSPS) is 9.06. The van der Waals surface area contributed by atoms with Crippen LogP contribution in [0.3, 0.4) is 0 Å². The quantitative estimate of drug-likeness (QED) is 0.0460. The summed E-state index contributed by atoms with van der Waals surface area (Å²) in [4.78, 5) is 42.2. The number of ketones is 2. The van der Waals surface area contributed by atoms with E-state index in [-0.39, 0.29) is 52.0 Å². The van der Waals surface area contributed by atoms with E-state index in [0.29, 0.717) is 22.6 Å². The van der Waals surface area contributed by atoms with Crippen LogP contribution in [-0.4, -0.2) is 43.3 Å². The molecule has 0 heterocycles. The van der Waals surface area contributed by atoms with E-state index in [0.717, 1.165) is 12.2 Å². The van der Waals surface area contributed by atoms with Crippen molar-refractivity contribution >= 4 is 23.5 Å². The molecule has 4 N–H and O–H groups in total. The molecule has 0 saturated carbocycles. The number of esters is 2. The number of benzene rings is 2. The number of allylic oxidation sites excluding steroid dienone is 4. The van der Waals surface area contributed by atoms with Gasteiger partial charge in [-0.15, -0.1) is 0 Å². The van der Waals surface area contributed by atoms with Crippen LogP contribution in [-0.2, 0) is 36.1 Å². The van der Waals surface area contributed by atoms with E-state index in [1.54, 1.807) is 24.3 Å². The first-order valence-corrected chi connectivity index (χ1v) is 13.8. The zero-order valence-electron chi connectivity index (χ0n) is 27.3. The topological polar surface area (TPSA) is 154 Å². The van der Waals surface area contributed by atoms with Crippen molar-refractivity contribution in [3.63, 3.8) is 0 Å². The molecule has 2 aromatic rings. The Morgan fingerprint density at radius 3 is 1.24 bits per heavy atom. The van der Waals surface area contributed by atoms with Crippen LogP contribution in [0, 0.1) is 0 Å². The molecule has 0 atom stereocenters. The maximum absolute atomic E-state index is 11.3. The molecule has 0 aliphatic heterocycles. The van der Waals surface area contributed by atoms with Crippen molar-refractivity contribution in [1.82, 2.24) is 0 Å². The second-order valence-electron chi connectivity index (χ2n) is 8.77. The fourth-order valence-electron chi connectivity index (χ4n) is 2.89. The molecular weight excluding hydrogens is 704 g/mol. The van der Waals surface area contributed by atoms with E-state index in [1.807, 2.05) is 0 Å². The van der Waals surface area contributed by atoms with E-state index < -0.39 is 11.9 Å². The molecule has 10 nitrogen and oxygen atoms in total. The molecular formula is C40H30CuO10+2. The smallest absolute Gasteiger partial charge is 0.350 e. The molecule has 0 unspecified atom stereocenters. The average molecular weight is 734 g/mol. The Bertz CT molecular complexity index is 1960. The van der Waals surface area contributed by atoms with Gasteiger partial charge in [-0.05, 0) is 110 Å². The number of hydrogen-bond acceptors (Lipinski definition) is 8. The summed E-state index contributed by atoms with van der Waals surface area (Å²) < 4.78 is 20.5. The monoisotopic (exact) mass is 733 g/mol. The SMILES string of the molecule is C=C=C=C=C=C=C(OC(=O)C=C)Oc1ccc(C(=[OH+])/C=C(/C)O)cc1.C=C=C=C=C=C=C(OC(=O)C=C)Oc1ccc(C(=[OH+])/C=C(/C)O)cc1.[Cu]. The number of aliphatic hydroxyl groups excluding tert-OH is 2. The maximum atomic E-state index is 11.3. The minimum absolute atomic E-state index is 0. The van der Waals surface area contributed by atoms with Gasteiger partial charge >= 0.3 is 35.4 Å². The molecule has 0 aliphatic rings. The van der Waals surface area contributed by atoms with Crippen molar-refractivity contribution < 1.29 is 65.4 Å². The number of ether oxygens (including phenoxy) is 4. The molecule has 0 aliphatic carbocycles. The third-order valence-corrected chi connectivity index (χ3v) is 4.89. The summed E-state index contributed by atoms with van der Waals surface area (Å²) in [6.45, 7) is 16.1. The van der Waals surface area contributed by atoms with E-state index in [2.05, 4.69) is 83.6 Å². The molecule has 1 radical (unpaired) electrons.